The van der Waals surface area contributed by atoms with Gasteiger partial charge in [-0.25, -0.2) is 9.97 Å². The van der Waals surface area contributed by atoms with Gasteiger partial charge in [0.2, 0.25) is 0 Å². The number of nitrogens with one attached hydrogen (secondary N) is 1. The van der Waals surface area contributed by atoms with Gasteiger partial charge in [-0.3, -0.25) is 0 Å². The van der Waals surface area contributed by atoms with Crippen LogP contribution in [0.3, 0.4) is 0 Å². The van der Waals surface area contributed by atoms with Gasteiger partial charge < -0.3 is 10.2 Å². The minimum atomic E-state index is 0.361. The number of aryl methyl sites for hydroxylation is 1. The lowest BCUT2D eigenvalue weighted by Gasteiger charge is -2.35. The van der Waals surface area contributed by atoms with Gasteiger partial charge in [0.15, 0.2) is 0 Å². The third kappa shape index (κ3) is 2.51. The van der Waals surface area contributed by atoms with Crippen LogP contribution in [0, 0.1) is 13.8 Å². The van der Waals surface area contributed by atoms with Crippen LogP contribution in [0.2, 0.25) is 0 Å². The molecule has 4 nitrogen and oxygen atoms in total. The molecule has 4 heteroatoms. The largest absolute Gasteiger partial charge is 0.353 e. The van der Waals surface area contributed by atoms with E-state index in [0.717, 1.165) is 31.1 Å². The fourth-order valence-corrected chi connectivity index (χ4v) is 2.70. The lowest BCUT2D eigenvalue weighted by Crippen LogP contribution is -2.46. The number of hydrogen-bond acceptors (Lipinski definition) is 4. The van der Waals surface area contributed by atoms with E-state index in [1.807, 2.05) is 6.92 Å². The Labute approximate surface area is 119 Å². The van der Waals surface area contributed by atoms with Crippen molar-refractivity contribution >= 4 is 5.82 Å². The van der Waals surface area contributed by atoms with Gasteiger partial charge in [-0.15, -0.1) is 0 Å². The molecule has 2 aromatic rings. The maximum absolute atomic E-state index is 4.48. The topological polar surface area (TPSA) is 41.1 Å². The summed E-state index contributed by atoms with van der Waals surface area (Å²) in [6.07, 6.45) is 1.66. The van der Waals surface area contributed by atoms with Crippen LogP contribution in [0.25, 0.3) is 0 Å². The number of benzene rings is 1. The second kappa shape index (κ2) is 5.59. The molecule has 1 fully saturated rings. The van der Waals surface area contributed by atoms with E-state index in [1.165, 1.54) is 11.1 Å². The average Bonchev–Trinajstić information content (AvgIpc) is 2.51. The Hall–Kier alpha value is -1.94. The smallest absolute Gasteiger partial charge is 0.135 e. The van der Waals surface area contributed by atoms with Crippen molar-refractivity contribution in [3.8, 4) is 0 Å². The molecule has 1 aromatic carbocycles. The molecule has 0 aliphatic carbocycles. The zero-order valence-electron chi connectivity index (χ0n) is 12.0. The number of hydrogen-bond donors (Lipinski definition) is 1. The Bertz CT molecular complexity index is 582. The predicted molar refractivity (Wildman–Crippen MR) is 80.9 cm³/mol. The highest BCUT2D eigenvalue weighted by molar-refractivity contribution is 5.48. The van der Waals surface area contributed by atoms with E-state index >= 15 is 0 Å². The van der Waals surface area contributed by atoms with Crippen LogP contribution in [-0.4, -0.2) is 29.6 Å². The van der Waals surface area contributed by atoms with E-state index < -0.39 is 0 Å². The van der Waals surface area contributed by atoms with E-state index in [-0.39, 0.29) is 0 Å². The molecule has 1 aliphatic rings. The van der Waals surface area contributed by atoms with Gasteiger partial charge in [-0.2, -0.15) is 0 Å². The van der Waals surface area contributed by atoms with Crippen LogP contribution in [0.5, 0.6) is 0 Å². The van der Waals surface area contributed by atoms with Gasteiger partial charge in [-0.1, -0.05) is 30.3 Å². The Morgan fingerprint density at radius 2 is 1.95 bits per heavy atom. The fourth-order valence-electron chi connectivity index (χ4n) is 2.70. The Kier molecular flexibility index (Phi) is 3.65. The van der Waals surface area contributed by atoms with Gasteiger partial charge >= 0.3 is 0 Å². The summed E-state index contributed by atoms with van der Waals surface area (Å²) in [7, 11) is 0. The van der Waals surface area contributed by atoms with Crippen LogP contribution >= 0.6 is 0 Å². The van der Waals surface area contributed by atoms with Crippen molar-refractivity contribution in [2.75, 3.05) is 24.5 Å². The van der Waals surface area contributed by atoms with Crippen LogP contribution < -0.4 is 10.2 Å². The fraction of sp³-hybridized carbons (Fsp3) is 0.375. The Balaban J connectivity index is 1.83. The van der Waals surface area contributed by atoms with E-state index in [2.05, 4.69) is 57.4 Å². The summed E-state index contributed by atoms with van der Waals surface area (Å²) < 4.78 is 0. The summed E-state index contributed by atoms with van der Waals surface area (Å²) in [5, 5.41) is 3.58. The summed E-state index contributed by atoms with van der Waals surface area (Å²) in [5.41, 5.74) is 3.58. The summed E-state index contributed by atoms with van der Waals surface area (Å²) in [6.45, 7) is 7.05. The third-order valence-corrected chi connectivity index (χ3v) is 3.99. The zero-order valence-corrected chi connectivity index (χ0v) is 12.0. The molecule has 0 bridgehead atoms. The van der Waals surface area contributed by atoms with Gasteiger partial charge in [0.25, 0.3) is 0 Å². The number of aromatic nitrogens is 2. The first-order valence-corrected chi connectivity index (χ1v) is 7.07. The van der Waals surface area contributed by atoms with Crippen molar-refractivity contribution in [2.24, 2.45) is 0 Å². The monoisotopic (exact) mass is 268 g/mol. The van der Waals surface area contributed by atoms with Crippen LogP contribution in [0.1, 0.15) is 22.9 Å². The highest BCUT2D eigenvalue weighted by atomic mass is 15.2. The Morgan fingerprint density at radius 1 is 1.15 bits per heavy atom. The number of nitrogens with zero attached hydrogens (tertiary/aromatic N) is 3. The molecule has 1 aromatic heterocycles. The molecule has 0 spiro atoms. The van der Waals surface area contributed by atoms with Crippen molar-refractivity contribution in [3.05, 3.63) is 53.5 Å². The van der Waals surface area contributed by atoms with Crippen molar-refractivity contribution in [1.29, 1.82) is 0 Å². The number of rotatable bonds is 2. The summed E-state index contributed by atoms with van der Waals surface area (Å²) in [6, 6.07) is 11.0. The SMILES string of the molecule is Cc1ncnc(N2CCNC(c3ccccc3)C2)c1C. The molecule has 1 N–H and O–H groups in total. The molecule has 1 saturated heterocycles. The molecule has 1 unspecified atom stereocenters. The highest BCUT2D eigenvalue weighted by Crippen LogP contribution is 2.24. The zero-order chi connectivity index (χ0) is 13.9. The van der Waals surface area contributed by atoms with Crippen LogP contribution in [-0.2, 0) is 0 Å². The molecule has 20 heavy (non-hydrogen) atoms. The Morgan fingerprint density at radius 3 is 2.75 bits per heavy atom. The van der Waals surface area contributed by atoms with E-state index in [9.17, 15) is 0 Å². The first kappa shape index (κ1) is 13.1. The molecule has 0 radical (unpaired) electrons. The maximum Gasteiger partial charge on any atom is 0.135 e. The molecular weight excluding hydrogens is 248 g/mol. The van der Waals surface area contributed by atoms with Gasteiger partial charge in [0.1, 0.15) is 12.1 Å². The quantitative estimate of drug-likeness (QED) is 0.907. The van der Waals surface area contributed by atoms with Crippen molar-refractivity contribution in [3.63, 3.8) is 0 Å². The number of anilines is 1. The molecule has 3 rings (SSSR count). The first-order valence-electron chi connectivity index (χ1n) is 7.07. The minimum absolute atomic E-state index is 0.361. The second-order valence-corrected chi connectivity index (χ2v) is 5.27. The van der Waals surface area contributed by atoms with E-state index in [0.29, 0.717) is 6.04 Å². The molecule has 1 atom stereocenters. The molecule has 104 valence electrons. The average molecular weight is 268 g/mol. The maximum atomic E-state index is 4.48. The normalized spacial score (nSPS) is 19.1. The minimum Gasteiger partial charge on any atom is -0.353 e. The lowest BCUT2D eigenvalue weighted by molar-refractivity contribution is 0.469. The summed E-state index contributed by atoms with van der Waals surface area (Å²) in [4.78, 5) is 11.1. The van der Waals surface area contributed by atoms with Crippen LogP contribution in [0.4, 0.5) is 5.82 Å². The van der Waals surface area contributed by atoms with Crippen molar-refractivity contribution < 1.29 is 0 Å². The standard InChI is InChI=1S/C16H20N4/c1-12-13(2)18-11-19-16(12)20-9-8-17-15(10-20)14-6-4-3-5-7-14/h3-7,11,15,17H,8-10H2,1-2H3. The third-order valence-electron chi connectivity index (χ3n) is 3.99. The van der Waals surface area contributed by atoms with Crippen LogP contribution in [0.15, 0.2) is 36.7 Å². The van der Waals surface area contributed by atoms with Gasteiger partial charge in [-0.05, 0) is 19.4 Å². The summed E-state index contributed by atoms with van der Waals surface area (Å²) >= 11 is 0. The van der Waals surface area contributed by atoms with Gasteiger partial charge in [0.05, 0.1) is 0 Å². The van der Waals surface area contributed by atoms with Crippen molar-refractivity contribution in [2.45, 2.75) is 19.9 Å². The molecule has 0 amide bonds. The van der Waals surface area contributed by atoms with E-state index in [4.69, 9.17) is 0 Å². The lowest BCUT2D eigenvalue weighted by atomic mass is 10.0. The summed E-state index contributed by atoms with van der Waals surface area (Å²) in [5.74, 6) is 1.07. The van der Waals surface area contributed by atoms with Gasteiger partial charge in [0, 0.05) is 36.9 Å². The molecule has 2 heterocycles. The molecular formula is C16H20N4. The molecule has 0 saturated carbocycles. The van der Waals surface area contributed by atoms with Crippen molar-refractivity contribution in [1.82, 2.24) is 15.3 Å². The first-order chi connectivity index (χ1) is 9.75. The second-order valence-electron chi connectivity index (χ2n) is 5.27. The highest BCUT2D eigenvalue weighted by Gasteiger charge is 2.22. The predicted octanol–water partition coefficient (Wildman–Crippen LogP) is 2.24. The molecule has 1 aliphatic heterocycles. The number of piperazine rings is 1. The van der Waals surface area contributed by atoms with E-state index in [1.54, 1.807) is 6.33 Å².